The summed E-state index contributed by atoms with van der Waals surface area (Å²) in [5.74, 6) is 17.0. The van der Waals surface area contributed by atoms with E-state index >= 15 is 0 Å². The predicted molar refractivity (Wildman–Crippen MR) is 174 cm³/mol. The Kier molecular flexibility index (Phi) is 17.8. The maximum absolute atomic E-state index is 13.3. The van der Waals surface area contributed by atoms with Gasteiger partial charge in [-0.25, -0.2) is 0 Å². The topological polar surface area (TPSA) is 76.0 Å². The maximum Gasteiger partial charge on any atom is 0.310 e. The first-order valence-corrected chi connectivity index (χ1v) is 18.1. The Balaban J connectivity index is 1.52. The van der Waals surface area contributed by atoms with Crippen LogP contribution in [0.4, 0.5) is 0 Å². The largest absolute Gasteiger partial charge is 0.463 e. The van der Waals surface area contributed by atoms with Gasteiger partial charge in [-0.3, -0.25) is 4.79 Å². The van der Waals surface area contributed by atoms with Gasteiger partial charge in [0.15, 0.2) is 0 Å². The van der Waals surface area contributed by atoms with Crippen molar-refractivity contribution in [3.63, 3.8) is 0 Å². The van der Waals surface area contributed by atoms with Crippen LogP contribution in [0.3, 0.4) is 0 Å². The first-order valence-electron chi connectivity index (χ1n) is 18.1. The molecule has 0 saturated heterocycles. The molecule has 0 bridgehead atoms. The zero-order valence-electron chi connectivity index (χ0n) is 27.5. The van der Waals surface area contributed by atoms with Crippen molar-refractivity contribution in [3.8, 4) is 23.7 Å². The molecule has 0 aromatic carbocycles. The molecule has 0 aliphatic heterocycles. The van der Waals surface area contributed by atoms with Gasteiger partial charge in [-0.1, -0.05) is 88.9 Å². The second-order valence-corrected chi connectivity index (χ2v) is 13.8. The molecule has 43 heavy (non-hydrogen) atoms. The van der Waals surface area contributed by atoms with Crippen molar-refractivity contribution in [3.05, 3.63) is 0 Å². The van der Waals surface area contributed by atoms with Crippen molar-refractivity contribution < 1.29 is 24.5 Å². The smallest absolute Gasteiger partial charge is 0.310 e. The number of ether oxygens (including phenoxy) is 2. The van der Waals surface area contributed by atoms with E-state index in [1.54, 1.807) is 0 Å². The van der Waals surface area contributed by atoms with Gasteiger partial charge in [0, 0.05) is 23.7 Å². The van der Waals surface area contributed by atoms with Crippen LogP contribution < -0.4 is 0 Å². The minimum Gasteiger partial charge on any atom is -0.463 e. The van der Waals surface area contributed by atoms with E-state index in [-0.39, 0.29) is 50.2 Å². The number of unbranched alkanes of at least 4 members (excludes halogenated alkanes) is 4. The van der Waals surface area contributed by atoms with E-state index in [4.69, 9.17) is 14.6 Å². The van der Waals surface area contributed by atoms with Crippen LogP contribution in [0.1, 0.15) is 136 Å². The van der Waals surface area contributed by atoms with Crippen LogP contribution in [0.25, 0.3) is 0 Å². The molecule has 3 aliphatic carbocycles. The van der Waals surface area contributed by atoms with Crippen LogP contribution >= 0.6 is 0 Å². The maximum atomic E-state index is 13.3. The first kappa shape index (κ1) is 35.9. The van der Waals surface area contributed by atoms with Gasteiger partial charge in [0.2, 0.25) is 0 Å². The number of carbonyl (C=O) groups is 1. The van der Waals surface area contributed by atoms with Crippen molar-refractivity contribution >= 4 is 5.97 Å². The number of aliphatic hydroxyl groups excluding tert-OH is 2. The summed E-state index contributed by atoms with van der Waals surface area (Å²) in [7, 11) is 0. The quantitative estimate of drug-likeness (QED) is 0.115. The molecule has 0 spiro atoms. The van der Waals surface area contributed by atoms with Crippen molar-refractivity contribution in [2.45, 2.75) is 142 Å². The summed E-state index contributed by atoms with van der Waals surface area (Å²) in [5, 5.41) is 18.4. The normalized spacial score (nSPS) is 29.9. The molecule has 0 aromatic heterocycles. The molecule has 0 aromatic rings. The minimum absolute atomic E-state index is 0.0310. The Morgan fingerprint density at radius 1 is 0.721 bits per heavy atom. The summed E-state index contributed by atoms with van der Waals surface area (Å²) in [6.07, 6.45) is 22.6. The van der Waals surface area contributed by atoms with Gasteiger partial charge in [-0.2, -0.15) is 0 Å². The lowest BCUT2D eigenvalue weighted by Gasteiger charge is -2.31. The highest BCUT2D eigenvalue weighted by Crippen LogP contribution is 2.37. The molecule has 2 N–H and O–H groups in total. The third-order valence-electron chi connectivity index (χ3n) is 10.2. The number of aliphatic hydroxyl groups is 2. The lowest BCUT2D eigenvalue weighted by molar-refractivity contribution is -0.153. The highest BCUT2D eigenvalue weighted by molar-refractivity contribution is 5.73. The number of esters is 1. The third-order valence-corrected chi connectivity index (χ3v) is 10.2. The molecule has 5 nitrogen and oxygen atoms in total. The molecule has 5 heteroatoms. The van der Waals surface area contributed by atoms with Crippen LogP contribution in [0.2, 0.25) is 0 Å². The number of hydrogen-bond donors (Lipinski definition) is 2. The SMILES string of the molecule is CCCCCC1CCC(C#CC2CCC(C#CC3CCC(CCCCC)CC3)C(C(=O)OCCOCC(O)CO)C2)CC1. The van der Waals surface area contributed by atoms with E-state index in [1.807, 2.05) is 0 Å². The van der Waals surface area contributed by atoms with Gasteiger partial charge in [-0.15, -0.1) is 0 Å². The van der Waals surface area contributed by atoms with Crippen LogP contribution in [-0.2, 0) is 14.3 Å². The average Bonchev–Trinajstić information content (AvgIpc) is 3.04. The highest BCUT2D eigenvalue weighted by Gasteiger charge is 2.35. The Labute approximate surface area is 263 Å². The second kappa shape index (κ2) is 21.2. The van der Waals surface area contributed by atoms with Crippen LogP contribution in [0.5, 0.6) is 0 Å². The van der Waals surface area contributed by atoms with Crippen molar-refractivity contribution in [1.82, 2.24) is 0 Å². The molecular formula is C38H62O5. The molecule has 4 unspecified atom stereocenters. The predicted octanol–water partition coefficient (Wildman–Crippen LogP) is 7.71. The van der Waals surface area contributed by atoms with Crippen LogP contribution in [0.15, 0.2) is 0 Å². The van der Waals surface area contributed by atoms with E-state index in [0.717, 1.165) is 31.1 Å². The van der Waals surface area contributed by atoms with Crippen molar-refractivity contribution in [2.75, 3.05) is 26.4 Å². The summed E-state index contributed by atoms with van der Waals surface area (Å²) < 4.78 is 11.0. The molecule has 244 valence electrons. The fourth-order valence-electron chi connectivity index (χ4n) is 7.33. The van der Waals surface area contributed by atoms with E-state index in [2.05, 4.69) is 37.5 Å². The molecule has 0 heterocycles. The van der Waals surface area contributed by atoms with Gasteiger partial charge < -0.3 is 19.7 Å². The lowest BCUT2D eigenvalue weighted by Crippen LogP contribution is -2.32. The van der Waals surface area contributed by atoms with E-state index < -0.39 is 6.10 Å². The number of carbonyl (C=O) groups excluding carboxylic acids is 1. The molecule has 3 fully saturated rings. The monoisotopic (exact) mass is 598 g/mol. The van der Waals surface area contributed by atoms with Gasteiger partial charge in [-0.05, 0) is 82.5 Å². The van der Waals surface area contributed by atoms with Crippen molar-refractivity contribution in [1.29, 1.82) is 0 Å². The van der Waals surface area contributed by atoms with Gasteiger partial charge >= 0.3 is 5.97 Å². The lowest BCUT2D eigenvalue weighted by atomic mass is 9.73. The second-order valence-electron chi connectivity index (χ2n) is 13.8. The Bertz CT molecular complexity index is 877. The fourth-order valence-corrected chi connectivity index (χ4v) is 7.33. The Hall–Kier alpha value is -1.53. The van der Waals surface area contributed by atoms with E-state index in [0.29, 0.717) is 11.8 Å². The summed E-state index contributed by atoms with van der Waals surface area (Å²) >= 11 is 0. The molecule has 0 radical (unpaired) electrons. The number of rotatable bonds is 15. The average molecular weight is 599 g/mol. The van der Waals surface area contributed by atoms with E-state index in [1.165, 1.54) is 103 Å². The minimum atomic E-state index is -0.907. The molecule has 3 saturated carbocycles. The van der Waals surface area contributed by atoms with Crippen LogP contribution in [-0.4, -0.2) is 48.7 Å². The Morgan fingerprint density at radius 2 is 1.26 bits per heavy atom. The summed E-state index contributed by atoms with van der Waals surface area (Å²) in [6, 6.07) is 0. The third kappa shape index (κ3) is 14.0. The van der Waals surface area contributed by atoms with Crippen molar-refractivity contribution in [2.24, 2.45) is 41.4 Å². The Morgan fingerprint density at radius 3 is 1.81 bits per heavy atom. The van der Waals surface area contributed by atoms with Gasteiger partial charge in [0.1, 0.15) is 12.7 Å². The molecule has 3 aliphatic rings. The van der Waals surface area contributed by atoms with E-state index in [9.17, 15) is 9.90 Å². The number of hydrogen-bond acceptors (Lipinski definition) is 5. The molecule has 4 atom stereocenters. The summed E-state index contributed by atoms with van der Waals surface area (Å²) in [6.45, 7) is 4.59. The molecular weight excluding hydrogens is 536 g/mol. The molecule has 0 amide bonds. The molecule has 3 rings (SSSR count). The summed E-state index contributed by atoms with van der Waals surface area (Å²) in [5.41, 5.74) is 0. The zero-order valence-corrected chi connectivity index (χ0v) is 27.5. The summed E-state index contributed by atoms with van der Waals surface area (Å²) in [4.78, 5) is 13.3. The highest BCUT2D eigenvalue weighted by atomic mass is 16.6. The fraction of sp³-hybridized carbons (Fsp3) is 0.868. The van der Waals surface area contributed by atoms with Crippen LogP contribution in [0, 0.1) is 65.1 Å². The van der Waals surface area contributed by atoms with Gasteiger partial charge in [0.25, 0.3) is 0 Å². The first-order chi connectivity index (χ1) is 21.0. The zero-order chi connectivity index (χ0) is 30.7. The standard InChI is InChI=1S/C38H62O5/c1-3-5-7-9-30-11-15-32(16-12-30)19-20-34-22-24-35(23-21-33-17-13-31(14-18-33)10-8-6-4-2)37(27-34)38(41)43-26-25-42-29-36(40)28-39/h30-37,39-40H,3-18,22,24-29H2,1-2H3. The van der Waals surface area contributed by atoms with Gasteiger partial charge in [0.05, 0.1) is 25.7 Å².